The zero-order valence-electron chi connectivity index (χ0n) is 23.4. The average molecular weight is 605 g/mol. The second-order valence-corrected chi connectivity index (χ2v) is 13.5. The highest BCUT2D eigenvalue weighted by molar-refractivity contribution is 9.10. The summed E-state index contributed by atoms with van der Waals surface area (Å²) in [4.78, 5) is 32.7. The summed E-state index contributed by atoms with van der Waals surface area (Å²) in [7, 11) is 0. The molecule has 0 bridgehead atoms. The number of allylic oxidation sites excluding steroid dienone is 5. The Balaban J connectivity index is 1.57. The van der Waals surface area contributed by atoms with E-state index in [1.807, 2.05) is 60.9 Å². The van der Waals surface area contributed by atoms with Gasteiger partial charge in [0.1, 0.15) is 11.7 Å². The van der Waals surface area contributed by atoms with Gasteiger partial charge in [-0.25, -0.2) is 0 Å². The highest BCUT2D eigenvalue weighted by atomic mass is 79.9. The fourth-order valence-electron chi connectivity index (χ4n) is 7.26. The van der Waals surface area contributed by atoms with Crippen molar-refractivity contribution in [2.75, 3.05) is 0 Å². The van der Waals surface area contributed by atoms with Gasteiger partial charge in [0, 0.05) is 55.2 Å². The highest BCUT2D eigenvalue weighted by Crippen LogP contribution is 2.60. The molecule has 0 saturated heterocycles. The first-order chi connectivity index (χ1) is 19.5. The van der Waals surface area contributed by atoms with Crippen molar-refractivity contribution < 1.29 is 14.7 Å². The van der Waals surface area contributed by atoms with Gasteiger partial charge in [-0.15, -0.1) is 0 Å². The van der Waals surface area contributed by atoms with Crippen LogP contribution in [0.1, 0.15) is 55.9 Å². The molecule has 3 aliphatic rings. The lowest BCUT2D eigenvalue weighted by atomic mass is 9.55. The number of aromatic hydroxyl groups is 1. The fourth-order valence-corrected chi connectivity index (χ4v) is 7.53. The standard InChI is InChI=1S/C36H30BrNO3/c1-35(2)16-24-30(31-26(35)15-23-27(39)14-20-17-38-18-25(20)29(23)31)33(40)28(19-10-12-22(37)13-11-19)34(41)32(24)36(3,4)21-8-6-5-7-9-21/h5-18,28,32,38-39H,1-4H3. The van der Waals surface area contributed by atoms with Crippen molar-refractivity contribution in [3.05, 3.63) is 123 Å². The number of ketones is 2. The Kier molecular flexibility index (Phi) is 5.55. The molecule has 0 spiro atoms. The van der Waals surface area contributed by atoms with Crippen LogP contribution in [0.25, 0.3) is 22.4 Å². The van der Waals surface area contributed by atoms with E-state index in [-0.39, 0.29) is 17.3 Å². The molecule has 3 aliphatic carbocycles. The van der Waals surface area contributed by atoms with Crippen LogP contribution in [0.3, 0.4) is 0 Å². The third-order valence-corrected chi connectivity index (χ3v) is 9.80. The summed E-state index contributed by atoms with van der Waals surface area (Å²) in [5.74, 6) is -1.56. The number of rotatable bonds is 3. The molecule has 2 unspecified atom stereocenters. The van der Waals surface area contributed by atoms with E-state index in [1.54, 1.807) is 6.07 Å². The van der Waals surface area contributed by atoms with Gasteiger partial charge in [-0.2, -0.15) is 0 Å². The Morgan fingerprint density at radius 3 is 2.37 bits per heavy atom. The number of fused-ring (bicyclic) bond motifs is 6. The number of hydrogen-bond acceptors (Lipinski definition) is 3. The Morgan fingerprint density at radius 2 is 1.66 bits per heavy atom. The van der Waals surface area contributed by atoms with Crippen LogP contribution in [-0.2, 0) is 15.0 Å². The summed E-state index contributed by atoms with van der Waals surface area (Å²) in [6, 6.07) is 19.4. The lowest BCUT2D eigenvalue weighted by molar-refractivity contribution is -0.132. The molecular weight excluding hydrogens is 574 g/mol. The number of aromatic nitrogens is 1. The molecule has 0 amide bonds. The van der Waals surface area contributed by atoms with E-state index in [1.165, 1.54) is 0 Å². The van der Waals surface area contributed by atoms with Gasteiger partial charge in [0.05, 0.1) is 5.92 Å². The van der Waals surface area contributed by atoms with Crippen molar-refractivity contribution in [2.24, 2.45) is 11.3 Å². The monoisotopic (exact) mass is 603 g/mol. The Bertz CT molecular complexity index is 1880. The first-order valence-electron chi connectivity index (χ1n) is 13.9. The number of aromatic amines is 1. The minimum atomic E-state index is -0.929. The molecule has 1 fully saturated rings. The second kappa shape index (κ2) is 8.77. The molecule has 3 aromatic carbocycles. The van der Waals surface area contributed by atoms with Gasteiger partial charge in [0.2, 0.25) is 0 Å². The number of halogens is 1. The van der Waals surface area contributed by atoms with E-state index in [4.69, 9.17) is 0 Å². The minimum Gasteiger partial charge on any atom is -0.507 e. The Morgan fingerprint density at radius 1 is 0.951 bits per heavy atom. The number of H-pyrrole nitrogens is 1. The molecule has 204 valence electrons. The summed E-state index contributed by atoms with van der Waals surface area (Å²) < 4.78 is 0.889. The maximum atomic E-state index is 14.8. The third kappa shape index (κ3) is 3.64. The molecule has 2 N–H and O–H groups in total. The van der Waals surface area contributed by atoms with Crippen molar-refractivity contribution in [1.82, 2.24) is 4.98 Å². The largest absolute Gasteiger partial charge is 0.507 e. The highest BCUT2D eigenvalue weighted by Gasteiger charge is 2.54. The lowest BCUT2D eigenvalue weighted by Crippen LogP contribution is -2.47. The zero-order valence-corrected chi connectivity index (χ0v) is 25.0. The van der Waals surface area contributed by atoms with Gasteiger partial charge in [0.25, 0.3) is 0 Å². The third-order valence-electron chi connectivity index (χ3n) is 9.27. The average Bonchev–Trinajstić information content (AvgIpc) is 3.56. The normalized spacial score (nSPS) is 21.4. The number of Topliss-reactive ketones (excluding diaryl/α,β-unsaturated/α-hetero) is 2. The van der Waals surface area contributed by atoms with Crippen molar-refractivity contribution in [1.29, 1.82) is 0 Å². The quantitative estimate of drug-likeness (QED) is 0.231. The summed E-state index contributed by atoms with van der Waals surface area (Å²) in [5.41, 5.74) is 5.48. The van der Waals surface area contributed by atoms with E-state index in [9.17, 15) is 14.7 Å². The van der Waals surface area contributed by atoms with E-state index >= 15 is 0 Å². The lowest BCUT2D eigenvalue weighted by Gasteiger charge is -2.45. The van der Waals surface area contributed by atoms with Crippen LogP contribution in [0.5, 0.6) is 5.75 Å². The number of carbonyl (C=O) groups excluding carboxylic acids is 2. The molecule has 4 aromatic rings. The van der Waals surface area contributed by atoms with Crippen molar-refractivity contribution in [2.45, 2.75) is 39.0 Å². The van der Waals surface area contributed by atoms with E-state index in [2.05, 4.69) is 66.8 Å². The van der Waals surface area contributed by atoms with Crippen LogP contribution < -0.4 is 0 Å². The van der Waals surface area contributed by atoms with Crippen LogP contribution >= 0.6 is 15.9 Å². The molecular formula is C36H30BrNO3. The number of benzene rings is 3. The second-order valence-electron chi connectivity index (χ2n) is 12.5. The molecule has 0 aliphatic heterocycles. The minimum absolute atomic E-state index is 0.0778. The van der Waals surface area contributed by atoms with Crippen LogP contribution in [0, 0.1) is 11.3 Å². The SMILES string of the molecule is CC1(C)C=C2C(=C3C1=Cc1c(O)cc4c[nH]cc4c13)C(=O)C(c1ccc(Br)cc1)C(=O)C2C(C)(C)c1ccccc1. The fraction of sp³-hybridized carbons (Fsp3) is 0.222. The van der Waals surface area contributed by atoms with Gasteiger partial charge in [-0.1, -0.05) is 92.2 Å². The van der Waals surface area contributed by atoms with Crippen molar-refractivity contribution >= 4 is 49.9 Å². The van der Waals surface area contributed by atoms with Crippen molar-refractivity contribution in [3.63, 3.8) is 0 Å². The smallest absolute Gasteiger partial charge is 0.178 e. The topological polar surface area (TPSA) is 70.2 Å². The number of nitrogens with one attached hydrogen (secondary N) is 1. The molecule has 2 atom stereocenters. The number of phenolic OH excluding ortho intramolecular Hbond substituents is 1. The maximum Gasteiger partial charge on any atom is 0.178 e. The summed E-state index contributed by atoms with van der Waals surface area (Å²) in [6.45, 7) is 8.48. The van der Waals surface area contributed by atoms with E-state index < -0.39 is 22.7 Å². The number of phenols is 1. The molecule has 5 heteroatoms. The van der Waals surface area contributed by atoms with Gasteiger partial charge < -0.3 is 10.1 Å². The van der Waals surface area contributed by atoms with Crippen LogP contribution in [0.2, 0.25) is 0 Å². The van der Waals surface area contributed by atoms with Gasteiger partial charge >= 0.3 is 0 Å². The predicted octanol–water partition coefficient (Wildman–Crippen LogP) is 8.28. The first kappa shape index (κ1) is 26.0. The number of hydrogen-bond donors (Lipinski definition) is 2. The van der Waals surface area contributed by atoms with Gasteiger partial charge in [-0.3, -0.25) is 9.59 Å². The van der Waals surface area contributed by atoms with Crippen LogP contribution in [0.15, 0.2) is 100 Å². The molecule has 4 nitrogen and oxygen atoms in total. The van der Waals surface area contributed by atoms with Gasteiger partial charge in [0.15, 0.2) is 11.6 Å². The molecule has 1 saturated carbocycles. The Hall–Kier alpha value is -3.96. The van der Waals surface area contributed by atoms with Crippen LogP contribution in [-0.4, -0.2) is 21.7 Å². The summed E-state index contributed by atoms with van der Waals surface area (Å²) >= 11 is 3.50. The van der Waals surface area contributed by atoms with Gasteiger partial charge in [-0.05, 0) is 52.1 Å². The predicted molar refractivity (Wildman–Crippen MR) is 167 cm³/mol. The molecule has 41 heavy (non-hydrogen) atoms. The summed E-state index contributed by atoms with van der Waals surface area (Å²) in [6.07, 6.45) is 7.96. The number of carbonyl (C=O) groups is 2. The molecule has 1 heterocycles. The summed E-state index contributed by atoms with van der Waals surface area (Å²) in [5, 5.41) is 12.9. The van der Waals surface area contributed by atoms with Crippen molar-refractivity contribution in [3.8, 4) is 5.75 Å². The van der Waals surface area contributed by atoms with E-state index in [0.717, 1.165) is 48.7 Å². The molecule has 0 radical (unpaired) electrons. The Labute approximate surface area is 247 Å². The molecule has 7 rings (SSSR count). The van der Waals surface area contributed by atoms with Crippen LogP contribution in [0.4, 0.5) is 0 Å². The zero-order chi connectivity index (χ0) is 28.8. The van der Waals surface area contributed by atoms with E-state index in [0.29, 0.717) is 11.1 Å². The molecule has 1 aromatic heterocycles. The first-order valence-corrected chi connectivity index (χ1v) is 14.7. The maximum absolute atomic E-state index is 14.8.